The van der Waals surface area contributed by atoms with Gasteiger partial charge in [0.1, 0.15) is 0 Å². The molecule has 1 atom stereocenters. The number of hydrogen-bond donors (Lipinski definition) is 1. The summed E-state index contributed by atoms with van der Waals surface area (Å²) in [4.78, 5) is 0. The molecule has 1 aromatic rings. The van der Waals surface area contributed by atoms with Crippen LogP contribution in [0.1, 0.15) is 32.2 Å². The normalized spacial score (nSPS) is 13.0. The number of aryl methyl sites for hydroxylation is 2. The van der Waals surface area contributed by atoms with Gasteiger partial charge in [-0.05, 0) is 47.5 Å². The summed E-state index contributed by atoms with van der Waals surface area (Å²) in [5.41, 5.74) is 8.09. The average molecular weight is 320 g/mol. The monoisotopic (exact) mass is 319 g/mol. The van der Waals surface area contributed by atoms with E-state index in [2.05, 4.69) is 46.5 Å². The first-order valence-electron chi connectivity index (χ1n) is 6.15. The van der Waals surface area contributed by atoms with Gasteiger partial charge in [0, 0.05) is 12.3 Å². The molecule has 17 heavy (non-hydrogen) atoms. The standard InChI is InChI=1S/C12H22BrN3S/c1-4-10-12(13)11(16(5-2)15-10)8-17-7-9(3)6-14/h9H,4-8,14H2,1-3H3. The van der Waals surface area contributed by atoms with Crippen molar-refractivity contribution < 1.29 is 0 Å². The van der Waals surface area contributed by atoms with Gasteiger partial charge in [-0.3, -0.25) is 4.68 Å². The molecular weight excluding hydrogens is 298 g/mol. The first-order chi connectivity index (χ1) is 8.13. The Hall–Kier alpha value is -0.0000000000000000555. The van der Waals surface area contributed by atoms with Crippen LogP contribution in [-0.2, 0) is 18.7 Å². The van der Waals surface area contributed by atoms with Crippen molar-refractivity contribution in [2.75, 3.05) is 12.3 Å². The molecule has 2 N–H and O–H groups in total. The van der Waals surface area contributed by atoms with Gasteiger partial charge in [0.2, 0.25) is 0 Å². The quantitative estimate of drug-likeness (QED) is 0.840. The Labute approximate surface area is 117 Å². The molecular formula is C12H22BrN3S. The molecule has 0 fully saturated rings. The maximum atomic E-state index is 5.62. The van der Waals surface area contributed by atoms with Crippen molar-refractivity contribution in [3.05, 3.63) is 15.9 Å². The summed E-state index contributed by atoms with van der Waals surface area (Å²) in [6.07, 6.45) is 0.977. The van der Waals surface area contributed by atoms with Crippen LogP contribution in [0, 0.1) is 5.92 Å². The SMILES string of the molecule is CCc1nn(CC)c(CSCC(C)CN)c1Br. The van der Waals surface area contributed by atoms with E-state index in [1.807, 2.05) is 11.8 Å². The highest BCUT2D eigenvalue weighted by Crippen LogP contribution is 2.26. The maximum Gasteiger partial charge on any atom is 0.0767 e. The lowest BCUT2D eigenvalue weighted by atomic mass is 10.2. The lowest BCUT2D eigenvalue weighted by molar-refractivity contribution is 0.627. The molecule has 0 aliphatic rings. The number of nitrogens with zero attached hydrogens (tertiary/aromatic N) is 2. The number of thioether (sulfide) groups is 1. The van der Waals surface area contributed by atoms with E-state index >= 15 is 0 Å². The molecule has 3 nitrogen and oxygen atoms in total. The van der Waals surface area contributed by atoms with E-state index in [0.717, 1.165) is 36.7 Å². The van der Waals surface area contributed by atoms with Crippen molar-refractivity contribution in [2.24, 2.45) is 11.7 Å². The minimum absolute atomic E-state index is 0.586. The summed E-state index contributed by atoms with van der Waals surface area (Å²) in [7, 11) is 0. The Bertz CT molecular complexity index is 352. The molecule has 0 aliphatic heterocycles. The molecule has 0 radical (unpaired) electrons. The topological polar surface area (TPSA) is 43.8 Å². The van der Waals surface area contributed by atoms with Gasteiger partial charge < -0.3 is 5.73 Å². The van der Waals surface area contributed by atoms with Crippen LogP contribution in [0.3, 0.4) is 0 Å². The largest absolute Gasteiger partial charge is 0.330 e. The van der Waals surface area contributed by atoms with Crippen LogP contribution < -0.4 is 5.73 Å². The number of rotatable bonds is 7. The number of nitrogens with two attached hydrogens (primary N) is 1. The van der Waals surface area contributed by atoms with Gasteiger partial charge in [0.15, 0.2) is 0 Å². The van der Waals surface area contributed by atoms with E-state index < -0.39 is 0 Å². The lowest BCUT2D eigenvalue weighted by Crippen LogP contribution is -2.13. The van der Waals surface area contributed by atoms with Gasteiger partial charge in [-0.1, -0.05) is 13.8 Å². The molecule has 0 amide bonds. The summed E-state index contributed by atoms with van der Waals surface area (Å²) >= 11 is 5.60. The molecule has 0 saturated heterocycles. The Morgan fingerprint density at radius 3 is 2.71 bits per heavy atom. The van der Waals surface area contributed by atoms with Crippen molar-refractivity contribution in [3.63, 3.8) is 0 Å². The zero-order valence-electron chi connectivity index (χ0n) is 10.9. The summed E-state index contributed by atoms with van der Waals surface area (Å²) in [5, 5.41) is 4.60. The van der Waals surface area contributed by atoms with Crippen molar-refractivity contribution in [2.45, 2.75) is 39.5 Å². The van der Waals surface area contributed by atoms with Crippen LogP contribution in [0.25, 0.3) is 0 Å². The summed E-state index contributed by atoms with van der Waals surface area (Å²) in [6, 6.07) is 0. The molecule has 5 heteroatoms. The molecule has 1 aromatic heterocycles. The van der Waals surface area contributed by atoms with Crippen LogP contribution in [0.4, 0.5) is 0 Å². The average Bonchev–Trinajstić information content (AvgIpc) is 2.65. The minimum Gasteiger partial charge on any atom is -0.330 e. The van der Waals surface area contributed by atoms with Gasteiger partial charge in [-0.2, -0.15) is 16.9 Å². The van der Waals surface area contributed by atoms with Gasteiger partial charge in [-0.25, -0.2) is 0 Å². The van der Waals surface area contributed by atoms with Gasteiger partial charge in [0.05, 0.1) is 15.9 Å². The highest BCUT2D eigenvalue weighted by atomic mass is 79.9. The maximum absolute atomic E-state index is 5.62. The fraction of sp³-hybridized carbons (Fsp3) is 0.750. The summed E-state index contributed by atoms with van der Waals surface area (Å²) < 4.78 is 3.29. The Balaban J connectivity index is 2.66. The second kappa shape index (κ2) is 7.44. The molecule has 0 saturated carbocycles. The first-order valence-corrected chi connectivity index (χ1v) is 8.10. The predicted molar refractivity (Wildman–Crippen MR) is 79.4 cm³/mol. The fourth-order valence-corrected chi connectivity index (χ4v) is 3.61. The highest BCUT2D eigenvalue weighted by Gasteiger charge is 2.13. The third kappa shape index (κ3) is 4.00. The summed E-state index contributed by atoms with van der Waals surface area (Å²) in [6.45, 7) is 8.16. The third-order valence-electron chi connectivity index (χ3n) is 2.74. The molecule has 1 unspecified atom stereocenters. The Morgan fingerprint density at radius 1 is 1.47 bits per heavy atom. The van der Waals surface area contributed by atoms with Crippen LogP contribution in [0.15, 0.2) is 4.47 Å². The highest BCUT2D eigenvalue weighted by molar-refractivity contribution is 9.10. The number of halogens is 1. The molecule has 0 spiro atoms. The number of hydrogen-bond acceptors (Lipinski definition) is 3. The first kappa shape index (κ1) is 15.1. The van der Waals surface area contributed by atoms with E-state index in [1.165, 1.54) is 10.2 Å². The zero-order chi connectivity index (χ0) is 12.8. The Morgan fingerprint density at radius 2 is 2.18 bits per heavy atom. The van der Waals surface area contributed by atoms with Gasteiger partial charge in [-0.15, -0.1) is 0 Å². The van der Waals surface area contributed by atoms with Crippen LogP contribution >= 0.6 is 27.7 Å². The molecule has 1 rings (SSSR count). The Kier molecular flexibility index (Phi) is 6.59. The van der Waals surface area contributed by atoms with Gasteiger partial charge >= 0.3 is 0 Å². The molecule has 0 aliphatic carbocycles. The van der Waals surface area contributed by atoms with Crippen molar-refractivity contribution in [1.82, 2.24) is 9.78 Å². The second-order valence-electron chi connectivity index (χ2n) is 4.23. The van der Waals surface area contributed by atoms with Gasteiger partial charge in [0.25, 0.3) is 0 Å². The van der Waals surface area contributed by atoms with Crippen molar-refractivity contribution >= 4 is 27.7 Å². The number of aromatic nitrogens is 2. The zero-order valence-corrected chi connectivity index (χ0v) is 13.3. The fourth-order valence-electron chi connectivity index (χ4n) is 1.58. The predicted octanol–water partition coefficient (Wildman–Crippen LogP) is 3.06. The molecule has 1 heterocycles. The minimum atomic E-state index is 0.586. The van der Waals surface area contributed by atoms with E-state index in [1.54, 1.807) is 0 Å². The van der Waals surface area contributed by atoms with Crippen LogP contribution in [0.2, 0.25) is 0 Å². The second-order valence-corrected chi connectivity index (χ2v) is 6.06. The third-order valence-corrected chi connectivity index (χ3v) is 4.94. The molecule has 0 aromatic carbocycles. The van der Waals surface area contributed by atoms with E-state index in [0.29, 0.717) is 5.92 Å². The van der Waals surface area contributed by atoms with E-state index in [4.69, 9.17) is 5.73 Å². The van der Waals surface area contributed by atoms with Crippen LogP contribution in [0.5, 0.6) is 0 Å². The van der Waals surface area contributed by atoms with E-state index in [9.17, 15) is 0 Å². The van der Waals surface area contributed by atoms with Crippen molar-refractivity contribution in [1.29, 1.82) is 0 Å². The van der Waals surface area contributed by atoms with Crippen molar-refractivity contribution in [3.8, 4) is 0 Å². The molecule has 98 valence electrons. The van der Waals surface area contributed by atoms with E-state index in [-0.39, 0.29) is 0 Å². The summed E-state index contributed by atoms with van der Waals surface area (Å²) in [5.74, 6) is 2.70. The smallest absolute Gasteiger partial charge is 0.0767 e. The van der Waals surface area contributed by atoms with Crippen LogP contribution in [-0.4, -0.2) is 22.1 Å². The molecule has 0 bridgehead atoms. The lowest BCUT2D eigenvalue weighted by Gasteiger charge is -2.09.